The molecule has 0 bridgehead atoms. The number of nitrogens with one attached hydrogen (secondary N) is 2. The fourth-order valence-corrected chi connectivity index (χ4v) is 3.22. The van der Waals surface area contributed by atoms with Gasteiger partial charge in [-0.25, -0.2) is 9.59 Å². The van der Waals surface area contributed by atoms with E-state index in [9.17, 15) is 14.7 Å². The van der Waals surface area contributed by atoms with Crippen molar-refractivity contribution in [2.24, 2.45) is 0 Å². The van der Waals surface area contributed by atoms with Gasteiger partial charge < -0.3 is 20.1 Å². The van der Waals surface area contributed by atoms with Crippen LogP contribution in [0, 0.1) is 0 Å². The largest absolute Gasteiger partial charge is 0.480 e. The molecular formula is C19H16Cl2N2O4. The van der Waals surface area contributed by atoms with Gasteiger partial charge in [0.25, 0.3) is 0 Å². The number of carboxylic acid groups (broad SMARTS) is 1. The van der Waals surface area contributed by atoms with E-state index >= 15 is 0 Å². The quantitative estimate of drug-likeness (QED) is 0.565. The molecule has 0 unspecified atom stereocenters. The number of benzene rings is 2. The van der Waals surface area contributed by atoms with E-state index in [2.05, 4.69) is 10.3 Å². The molecule has 1 heterocycles. The molecule has 3 N–H and O–H groups in total. The summed E-state index contributed by atoms with van der Waals surface area (Å²) in [4.78, 5) is 26.7. The van der Waals surface area contributed by atoms with Crippen molar-refractivity contribution in [3.8, 4) is 0 Å². The fourth-order valence-electron chi connectivity index (χ4n) is 2.71. The van der Waals surface area contributed by atoms with Gasteiger partial charge >= 0.3 is 12.1 Å². The number of amides is 1. The van der Waals surface area contributed by atoms with Crippen LogP contribution in [-0.2, 0) is 22.6 Å². The van der Waals surface area contributed by atoms with Crippen molar-refractivity contribution >= 4 is 46.2 Å². The molecule has 1 amide bonds. The Hall–Kier alpha value is -2.70. The monoisotopic (exact) mass is 406 g/mol. The number of halogens is 2. The predicted octanol–water partition coefficient (Wildman–Crippen LogP) is 4.40. The Labute approximate surface area is 165 Å². The molecule has 1 atom stereocenters. The van der Waals surface area contributed by atoms with Gasteiger partial charge in [0.1, 0.15) is 12.6 Å². The number of carbonyl (C=O) groups is 2. The Balaban J connectivity index is 1.65. The summed E-state index contributed by atoms with van der Waals surface area (Å²) < 4.78 is 5.09. The van der Waals surface area contributed by atoms with Crippen LogP contribution >= 0.6 is 23.2 Å². The lowest BCUT2D eigenvalue weighted by Crippen LogP contribution is -2.42. The van der Waals surface area contributed by atoms with E-state index in [4.69, 9.17) is 27.9 Å². The number of H-pyrrole nitrogens is 1. The van der Waals surface area contributed by atoms with Gasteiger partial charge in [-0.15, -0.1) is 0 Å². The summed E-state index contributed by atoms with van der Waals surface area (Å²) in [6, 6.07) is 11.3. The van der Waals surface area contributed by atoms with Crippen LogP contribution < -0.4 is 5.32 Å². The van der Waals surface area contributed by atoms with Gasteiger partial charge in [-0.05, 0) is 23.8 Å². The van der Waals surface area contributed by atoms with Crippen molar-refractivity contribution in [2.75, 3.05) is 0 Å². The van der Waals surface area contributed by atoms with Gasteiger partial charge in [-0.3, -0.25) is 0 Å². The summed E-state index contributed by atoms with van der Waals surface area (Å²) in [7, 11) is 0. The summed E-state index contributed by atoms with van der Waals surface area (Å²) in [5.41, 5.74) is 2.14. The van der Waals surface area contributed by atoms with Crippen molar-refractivity contribution in [1.82, 2.24) is 10.3 Å². The van der Waals surface area contributed by atoms with Crippen LogP contribution in [0.5, 0.6) is 0 Å². The first-order chi connectivity index (χ1) is 13.0. The van der Waals surface area contributed by atoms with Gasteiger partial charge in [-0.1, -0.05) is 47.5 Å². The topological polar surface area (TPSA) is 91.4 Å². The Morgan fingerprint density at radius 3 is 2.52 bits per heavy atom. The molecule has 8 heteroatoms. The maximum Gasteiger partial charge on any atom is 0.408 e. The molecule has 140 valence electrons. The van der Waals surface area contributed by atoms with Gasteiger partial charge in [0.15, 0.2) is 0 Å². The van der Waals surface area contributed by atoms with Crippen molar-refractivity contribution in [2.45, 2.75) is 19.1 Å². The van der Waals surface area contributed by atoms with Crippen molar-refractivity contribution < 1.29 is 19.4 Å². The number of aromatic amines is 1. The van der Waals surface area contributed by atoms with Crippen LogP contribution in [0.25, 0.3) is 10.9 Å². The van der Waals surface area contributed by atoms with Crippen molar-refractivity contribution in [3.05, 3.63) is 69.8 Å². The molecule has 0 aliphatic carbocycles. The minimum Gasteiger partial charge on any atom is -0.480 e. The average molecular weight is 407 g/mol. The number of hydrogen-bond acceptors (Lipinski definition) is 3. The number of alkyl carbamates (subject to hydrolysis) is 1. The van der Waals surface area contributed by atoms with E-state index in [-0.39, 0.29) is 13.0 Å². The molecule has 6 nitrogen and oxygen atoms in total. The number of fused-ring (bicyclic) bond motifs is 1. The van der Waals surface area contributed by atoms with Crippen LogP contribution in [0.3, 0.4) is 0 Å². The second-order valence-corrected chi connectivity index (χ2v) is 6.69. The summed E-state index contributed by atoms with van der Waals surface area (Å²) in [5.74, 6) is -1.16. The highest BCUT2D eigenvalue weighted by Gasteiger charge is 2.23. The van der Waals surface area contributed by atoms with Crippen LogP contribution in [0.4, 0.5) is 4.79 Å². The summed E-state index contributed by atoms with van der Waals surface area (Å²) in [5, 5.41) is 13.4. The molecule has 0 radical (unpaired) electrons. The molecule has 27 heavy (non-hydrogen) atoms. The SMILES string of the molecule is O=C(N[C@@H](Cc1c[nH]c2ccccc12)C(=O)O)OCc1c(Cl)cccc1Cl. The number of ether oxygens (including phenoxy) is 1. The number of carboxylic acids is 1. The molecule has 1 aromatic heterocycles. The minimum absolute atomic E-state index is 0.112. The number of aliphatic carboxylic acids is 1. The van der Waals surface area contributed by atoms with Gasteiger partial charge in [-0.2, -0.15) is 0 Å². The number of carbonyl (C=O) groups excluding carboxylic acids is 1. The van der Waals surface area contributed by atoms with E-state index in [0.717, 1.165) is 16.5 Å². The lowest BCUT2D eigenvalue weighted by molar-refractivity contribution is -0.139. The van der Waals surface area contributed by atoms with Gasteiger partial charge in [0.05, 0.1) is 0 Å². The third-order valence-corrected chi connectivity index (χ3v) is 4.81. The molecule has 0 saturated carbocycles. The first-order valence-electron chi connectivity index (χ1n) is 8.09. The number of aromatic nitrogens is 1. The van der Waals surface area contributed by atoms with Crippen LogP contribution in [0.2, 0.25) is 10.0 Å². The first kappa shape index (κ1) is 19.1. The van der Waals surface area contributed by atoms with E-state index < -0.39 is 18.1 Å². The Kier molecular flexibility index (Phi) is 5.88. The predicted molar refractivity (Wildman–Crippen MR) is 103 cm³/mol. The standard InChI is InChI=1S/C19H16Cl2N2O4/c20-14-5-3-6-15(21)13(14)10-27-19(26)23-17(18(24)25)8-11-9-22-16-7-2-1-4-12(11)16/h1-7,9,17,22H,8,10H2,(H,23,26)(H,24,25)/t17-/m0/s1. The second-order valence-electron chi connectivity index (χ2n) is 5.88. The second kappa shape index (κ2) is 8.33. The van der Waals surface area contributed by atoms with Crippen LogP contribution in [0.15, 0.2) is 48.7 Å². The van der Waals surface area contributed by atoms with Crippen molar-refractivity contribution in [1.29, 1.82) is 0 Å². The summed E-state index contributed by atoms with van der Waals surface area (Å²) in [6.45, 7) is -0.163. The lowest BCUT2D eigenvalue weighted by atomic mass is 10.1. The highest BCUT2D eigenvalue weighted by molar-refractivity contribution is 6.35. The molecule has 2 aromatic carbocycles. The number of para-hydroxylation sites is 1. The maximum absolute atomic E-state index is 12.1. The number of hydrogen-bond donors (Lipinski definition) is 3. The minimum atomic E-state index is -1.16. The highest BCUT2D eigenvalue weighted by atomic mass is 35.5. The Morgan fingerprint density at radius 2 is 1.81 bits per heavy atom. The van der Waals surface area contributed by atoms with Gasteiger partial charge in [0, 0.05) is 39.1 Å². The van der Waals surface area contributed by atoms with E-state index in [1.165, 1.54) is 0 Å². The summed E-state index contributed by atoms with van der Waals surface area (Å²) >= 11 is 12.1. The highest BCUT2D eigenvalue weighted by Crippen LogP contribution is 2.25. The Bertz CT molecular complexity index is 967. The molecule has 0 aliphatic rings. The third-order valence-electron chi connectivity index (χ3n) is 4.10. The molecule has 0 fully saturated rings. The molecule has 0 aliphatic heterocycles. The van der Waals surface area contributed by atoms with Crippen molar-refractivity contribution in [3.63, 3.8) is 0 Å². The molecular weight excluding hydrogens is 391 g/mol. The normalized spacial score (nSPS) is 11.9. The third kappa shape index (κ3) is 4.53. The fraction of sp³-hybridized carbons (Fsp3) is 0.158. The van der Waals surface area contributed by atoms with Gasteiger partial charge in [0.2, 0.25) is 0 Å². The van der Waals surface area contributed by atoms with Crippen LogP contribution in [-0.4, -0.2) is 28.2 Å². The lowest BCUT2D eigenvalue weighted by Gasteiger charge is -2.15. The maximum atomic E-state index is 12.1. The van der Waals surface area contributed by atoms with E-state index in [0.29, 0.717) is 15.6 Å². The zero-order valence-corrected chi connectivity index (χ0v) is 15.6. The molecule has 0 spiro atoms. The number of rotatable bonds is 6. The Morgan fingerprint density at radius 1 is 1.11 bits per heavy atom. The molecule has 3 aromatic rings. The average Bonchev–Trinajstić information content (AvgIpc) is 3.04. The zero-order chi connectivity index (χ0) is 19.4. The molecule has 3 rings (SSSR count). The molecule has 0 saturated heterocycles. The van der Waals surface area contributed by atoms with E-state index in [1.807, 2.05) is 24.3 Å². The van der Waals surface area contributed by atoms with E-state index in [1.54, 1.807) is 24.4 Å². The van der Waals surface area contributed by atoms with Crippen LogP contribution in [0.1, 0.15) is 11.1 Å². The smallest absolute Gasteiger partial charge is 0.408 e. The summed E-state index contributed by atoms with van der Waals surface area (Å²) in [6.07, 6.45) is 0.983. The first-order valence-corrected chi connectivity index (χ1v) is 8.85. The zero-order valence-electron chi connectivity index (χ0n) is 14.0.